The van der Waals surface area contributed by atoms with Crippen LogP contribution in [0.2, 0.25) is 5.02 Å². The summed E-state index contributed by atoms with van der Waals surface area (Å²) >= 11 is 5.71. The van der Waals surface area contributed by atoms with Gasteiger partial charge in [-0.15, -0.1) is 0 Å². The normalized spacial score (nSPS) is 19.5. The fraction of sp³-hybridized carbons (Fsp3) is 0.350. The number of rotatable bonds is 3. The maximum absolute atomic E-state index is 14.5. The van der Waals surface area contributed by atoms with Gasteiger partial charge in [0.05, 0.1) is 10.6 Å². The molecule has 2 atom stereocenters. The van der Waals surface area contributed by atoms with Crippen molar-refractivity contribution in [3.63, 3.8) is 0 Å². The zero-order chi connectivity index (χ0) is 30.8. The summed E-state index contributed by atoms with van der Waals surface area (Å²) in [5.74, 6) is -5.27. The summed E-state index contributed by atoms with van der Waals surface area (Å²) in [6.07, 6.45) is -15.1. The fourth-order valence-electron chi connectivity index (χ4n) is 3.02. The number of alkyl halides is 9. The van der Waals surface area contributed by atoms with Crippen LogP contribution in [0.3, 0.4) is 0 Å². The van der Waals surface area contributed by atoms with Gasteiger partial charge in [0.25, 0.3) is 11.9 Å². The molecule has 0 aromatic carbocycles. The lowest BCUT2D eigenvalue weighted by Crippen LogP contribution is -2.46. The van der Waals surface area contributed by atoms with Crippen LogP contribution in [-0.4, -0.2) is 51.4 Å². The second-order valence-corrected chi connectivity index (χ2v) is 8.31. The minimum Gasteiger partial charge on any atom is -0.475 e. The molecule has 0 bridgehead atoms. The second kappa shape index (κ2) is 11.3. The van der Waals surface area contributed by atoms with E-state index in [-0.39, 0.29) is 5.82 Å². The van der Waals surface area contributed by atoms with Crippen molar-refractivity contribution in [3.8, 4) is 0 Å². The summed E-state index contributed by atoms with van der Waals surface area (Å²) < 4.78 is 129. The quantitative estimate of drug-likeness (QED) is 0.412. The number of carboxylic acid groups (broad SMARTS) is 1. The SMILES string of the molecule is C[C@@]1(c2nc(NC(=O)c3ncc(C(F)(F)F)cc3Cl)ccc2F)C[C@@H](C(F)(F)F)N=C(N)O1.O=C(O)C(F)(F)F. The Labute approximate surface area is 221 Å². The number of halogens is 11. The maximum atomic E-state index is 14.5. The topological polar surface area (TPSA) is 140 Å². The van der Waals surface area contributed by atoms with E-state index in [0.29, 0.717) is 12.3 Å². The van der Waals surface area contributed by atoms with Crippen LogP contribution in [0.1, 0.15) is 35.1 Å². The van der Waals surface area contributed by atoms with Gasteiger partial charge in [0.1, 0.15) is 23.0 Å². The number of aliphatic imine (C=N–C) groups is 1. The number of ether oxygens (including phenoxy) is 1. The highest BCUT2D eigenvalue weighted by Gasteiger charge is 2.50. The van der Waals surface area contributed by atoms with Crippen molar-refractivity contribution in [2.24, 2.45) is 10.7 Å². The molecule has 1 aliphatic rings. The number of hydrogen-bond acceptors (Lipinski definition) is 7. The van der Waals surface area contributed by atoms with Crippen LogP contribution in [0.15, 0.2) is 29.4 Å². The van der Waals surface area contributed by atoms with Crippen LogP contribution in [0.25, 0.3) is 0 Å². The Morgan fingerprint density at radius 3 is 2.20 bits per heavy atom. The molecule has 2 aromatic heterocycles. The first-order valence-electron chi connectivity index (χ1n) is 10.1. The Bertz CT molecular complexity index is 1320. The van der Waals surface area contributed by atoms with Crippen molar-refractivity contribution in [1.29, 1.82) is 0 Å². The average molecular weight is 614 g/mol. The van der Waals surface area contributed by atoms with Crippen molar-refractivity contribution in [2.75, 3.05) is 5.32 Å². The third kappa shape index (κ3) is 8.06. The zero-order valence-corrected chi connectivity index (χ0v) is 20.1. The molecule has 3 heterocycles. The van der Waals surface area contributed by atoms with Crippen molar-refractivity contribution in [3.05, 3.63) is 52.2 Å². The molecular formula is C20H14ClF10N5O4. The van der Waals surface area contributed by atoms with Gasteiger partial charge in [-0.3, -0.25) is 4.79 Å². The van der Waals surface area contributed by atoms with Crippen LogP contribution in [-0.2, 0) is 21.3 Å². The molecule has 0 aliphatic carbocycles. The summed E-state index contributed by atoms with van der Waals surface area (Å²) in [5.41, 5.74) is 0.953. The lowest BCUT2D eigenvalue weighted by Gasteiger charge is -2.36. The smallest absolute Gasteiger partial charge is 0.475 e. The number of aromatic nitrogens is 2. The standard InChI is InChI=1S/C18H13ClF7N5O2.C2HF3O2/c1-16(5-10(18(24,25)26)29-15(27)33-16)13-9(20)2-3-11(30-13)31-14(32)12-8(19)4-7(6-28-12)17(21,22)23;3-2(4,5)1(6)7/h2-4,6,10H,5H2,1H3,(H2,27,29)(H,30,31,32);(H,6,7)/t10-,16-;/m0./s1. The van der Waals surface area contributed by atoms with E-state index < -0.39 is 82.3 Å². The third-order valence-corrected chi connectivity index (χ3v) is 5.08. The first-order valence-corrected chi connectivity index (χ1v) is 10.5. The Hall–Kier alpha value is -3.90. The van der Waals surface area contributed by atoms with Crippen molar-refractivity contribution in [1.82, 2.24) is 9.97 Å². The number of anilines is 1. The van der Waals surface area contributed by atoms with Gasteiger partial charge >= 0.3 is 24.5 Å². The number of carbonyl (C=O) groups excluding carboxylic acids is 1. The summed E-state index contributed by atoms with van der Waals surface area (Å²) in [7, 11) is 0. The summed E-state index contributed by atoms with van der Waals surface area (Å²) in [6.45, 7) is 1.11. The van der Waals surface area contributed by atoms with Gasteiger partial charge in [-0.25, -0.2) is 24.1 Å². The van der Waals surface area contributed by atoms with E-state index in [4.69, 9.17) is 32.0 Å². The van der Waals surface area contributed by atoms with E-state index >= 15 is 0 Å². The lowest BCUT2D eigenvalue weighted by molar-refractivity contribution is -0.192. The molecule has 0 unspecified atom stereocenters. The Kier molecular flexibility index (Phi) is 9.13. The first kappa shape index (κ1) is 32.3. The third-order valence-electron chi connectivity index (χ3n) is 4.79. The van der Waals surface area contributed by atoms with Crippen LogP contribution < -0.4 is 11.1 Å². The monoisotopic (exact) mass is 613 g/mol. The molecule has 9 nitrogen and oxygen atoms in total. The molecule has 0 spiro atoms. The zero-order valence-electron chi connectivity index (χ0n) is 19.3. The van der Waals surface area contributed by atoms with Crippen LogP contribution in [0.4, 0.5) is 49.7 Å². The van der Waals surface area contributed by atoms with Crippen LogP contribution >= 0.6 is 11.6 Å². The van der Waals surface area contributed by atoms with Gasteiger partial charge in [0, 0.05) is 12.6 Å². The van der Waals surface area contributed by atoms with Crippen molar-refractivity contribution in [2.45, 2.75) is 43.5 Å². The minimum absolute atomic E-state index is 0.358. The van der Waals surface area contributed by atoms with E-state index in [1.807, 2.05) is 0 Å². The van der Waals surface area contributed by atoms with Gasteiger partial charge in [-0.1, -0.05) is 11.6 Å². The molecule has 2 aromatic rings. The number of amides is 1. The summed E-state index contributed by atoms with van der Waals surface area (Å²) in [4.78, 5) is 31.7. The molecule has 1 aliphatic heterocycles. The Balaban J connectivity index is 0.000000708. The Morgan fingerprint density at radius 2 is 1.73 bits per heavy atom. The van der Waals surface area contributed by atoms with Gasteiger partial charge in [0.2, 0.25) is 0 Å². The van der Waals surface area contributed by atoms with E-state index in [2.05, 4.69) is 20.3 Å². The van der Waals surface area contributed by atoms with Crippen LogP contribution in [0, 0.1) is 5.82 Å². The van der Waals surface area contributed by atoms with Gasteiger partial charge in [0.15, 0.2) is 11.6 Å². The largest absolute Gasteiger partial charge is 0.490 e. The highest BCUT2D eigenvalue weighted by molar-refractivity contribution is 6.34. The number of aliphatic carboxylic acids is 1. The highest BCUT2D eigenvalue weighted by Crippen LogP contribution is 2.40. The number of carboxylic acids is 1. The number of nitrogens with two attached hydrogens (primary N) is 1. The van der Waals surface area contributed by atoms with E-state index in [1.165, 1.54) is 0 Å². The molecule has 20 heteroatoms. The second-order valence-electron chi connectivity index (χ2n) is 7.90. The number of carbonyl (C=O) groups is 2. The van der Waals surface area contributed by atoms with Gasteiger partial charge in [-0.05, 0) is 25.1 Å². The number of hydrogen-bond donors (Lipinski definition) is 3. The molecule has 0 radical (unpaired) electrons. The van der Waals surface area contributed by atoms with Gasteiger partial charge in [-0.2, -0.15) is 39.5 Å². The van der Waals surface area contributed by atoms with E-state index in [9.17, 15) is 48.7 Å². The number of nitrogens with zero attached hydrogens (tertiary/aromatic N) is 3. The molecule has 3 rings (SSSR count). The number of pyridine rings is 2. The first-order chi connectivity index (χ1) is 18.0. The summed E-state index contributed by atoms with van der Waals surface area (Å²) in [6, 6.07) is -0.852. The molecule has 220 valence electrons. The fourth-order valence-corrected chi connectivity index (χ4v) is 3.27. The van der Waals surface area contributed by atoms with Crippen LogP contribution in [0.5, 0.6) is 0 Å². The number of nitrogens with one attached hydrogen (secondary N) is 1. The molecule has 0 saturated carbocycles. The highest BCUT2D eigenvalue weighted by atomic mass is 35.5. The number of amidine groups is 1. The lowest BCUT2D eigenvalue weighted by atomic mass is 9.91. The van der Waals surface area contributed by atoms with Gasteiger partial charge < -0.3 is 20.9 Å². The molecule has 1 amide bonds. The van der Waals surface area contributed by atoms with Crippen molar-refractivity contribution < 1.29 is 63.3 Å². The molecular weight excluding hydrogens is 600 g/mol. The summed E-state index contributed by atoms with van der Waals surface area (Å²) in [5, 5.41) is 8.65. The predicted octanol–water partition coefficient (Wildman–Crippen LogP) is 5.05. The minimum atomic E-state index is -5.08. The molecule has 0 saturated heterocycles. The average Bonchev–Trinajstić information content (AvgIpc) is 2.78. The molecule has 40 heavy (non-hydrogen) atoms. The van der Waals surface area contributed by atoms with Crippen molar-refractivity contribution >= 4 is 35.3 Å². The maximum Gasteiger partial charge on any atom is 0.490 e. The predicted molar refractivity (Wildman–Crippen MR) is 115 cm³/mol. The molecule has 0 fully saturated rings. The Morgan fingerprint density at radius 1 is 1.15 bits per heavy atom. The molecule has 4 N–H and O–H groups in total. The van der Waals surface area contributed by atoms with E-state index in [1.54, 1.807) is 0 Å². The van der Waals surface area contributed by atoms with E-state index in [0.717, 1.165) is 19.1 Å².